The average Bonchev–Trinajstić information content (AvgIpc) is 3.13. The van der Waals surface area contributed by atoms with Crippen LogP contribution in [0.5, 0.6) is 0 Å². The number of cyclic esters (lactones) is 1. The number of Topliss-reactive ketones (excluding diaryl/α,β-unsaturated/α-hetero) is 2. The van der Waals surface area contributed by atoms with Crippen molar-refractivity contribution in [1.82, 2.24) is 0 Å². The van der Waals surface area contributed by atoms with Crippen molar-refractivity contribution in [3.8, 4) is 0 Å². The van der Waals surface area contributed by atoms with Gasteiger partial charge in [0.05, 0.1) is 21.8 Å². The Morgan fingerprint density at radius 1 is 1.00 bits per heavy atom. The predicted molar refractivity (Wildman–Crippen MR) is 119 cm³/mol. The van der Waals surface area contributed by atoms with E-state index in [1.165, 1.54) is 36.4 Å². The van der Waals surface area contributed by atoms with Crippen LogP contribution in [0.25, 0.3) is 0 Å². The number of anilines is 1. The molecule has 1 amide bonds. The Morgan fingerprint density at radius 2 is 1.70 bits per heavy atom. The minimum atomic E-state index is -1.79. The van der Waals surface area contributed by atoms with Crippen LogP contribution in [0.3, 0.4) is 0 Å². The molecule has 0 aromatic heterocycles. The first-order chi connectivity index (χ1) is 15.8. The molecule has 1 heterocycles. The maximum absolute atomic E-state index is 14.4. The van der Waals surface area contributed by atoms with Gasteiger partial charge >= 0.3 is 5.97 Å². The van der Waals surface area contributed by atoms with Gasteiger partial charge in [0.1, 0.15) is 17.8 Å². The van der Waals surface area contributed by atoms with E-state index >= 15 is 0 Å². The fraction of sp³-hybridized carbons (Fsp3) is 0.120. The fourth-order valence-corrected chi connectivity index (χ4v) is 3.89. The van der Waals surface area contributed by atoms with Gasteiger partial charge in [0.25, 0.3) is 5.91 Å². The second kappa shape index (κ2) is 8.96. The summed E-state index contributed by atoms with van der Waals surface area (Å²) in [6.45, 7) is 1.72. The van der Waals surface area contributed by atoms with Crippen molar-refractivity contribution in [3.05, 3.63) is 99.8 Å². The van der Waals surface area contributed by atoms with E-state index in [2.05, 4.69) is 5.32 Å². The molecule has 3 aromatic carbocycles. The lowest BCUT2D eigenvalue weighted by Gasteiger charge is -2.21. The number of hydrogen-bond acceptors (Lipinski definition) is 5. The van der Waals surface area contributed by atoms with Gasteiger partial charge in [0, 0.05) is 5.56 Å². The number of hydrogen-bond donors (Lipinski definition) is 1. The molecule has 1 aliphatic rings. The summed E-state index contributed by atoms with van der Waals surface area (Å²) >= 11 is 6.20. The van der Waals surface area contributed by atoms with E-state index < -0.39 is 46.8 Å². The molecule has 0 bridgehead atoms. The lowest BCUT2D eigenvalue weighted by atomic mass is 9.84. The third kappa shape index (κ3) is 4.15. The molecule has 6 nitrogen and oxygen atoms in total. The number of nitrogens with one attached hydrogen (secondary N) is 1. The highest BCUT2D eigenvalue weighted by molar-refractivity contribution is 6.46. The van der Waals surface area contributed by atoms with Crippen LogP contribution < -0.4 is 5.32 Å². The summed E-state index contributed by atoms with van der Waals surface area (Å²) < 4.78 is 19.7. The van der Waals surface area contributed by atoms with Gasteiger partial charge < -0.3 is 10.1 Å². The molecule has 3 aromatic rings. The quantitative estimate of drug-likeness (QED) is 0.246. The molecular weight excluding hydrogens is 449 g/mol. The molecule has 8 heteroatoms. The molecule has 0 radical (unpaired) electrons. The molecule has 0 aliphatic carbocycles. The smallest absolute Gasteiger partial charge is 0.339 e. The molecule has 0 unspecified atom stereocenters. The van der Waals surface area contributed by atoms with Crippen molar-refractivity contribution in [2.75, 3.05) is 5.32 Å². The van der Waals surface area contributed by atoms with Crippen LogP contribution in [0.2, 0.25) is 5.02 Å². The maximum Gasteiger partial charge on any atom is 0.339 e. The molecule has 4 rings (SSSR count). The van der Waals surface area contributed by atoms with E-state index in [0.29, 0.717) is 5.56 Å². The normalized spacial score (nSPS) is 15.4. The summed E-state index contributed by atoms with van der Waals surface area (Å²) in [4.78, 5) is 51.8. The molecule has 2 atom stereocenters. The summed E-state index contributed by atoms with van der Waals surface area (Å²) in [7, 11) is 0. The number of halogens is 2. The van der Waals surface area contributed by atoms with Gasteiger partial charge in [-0.25, -0.2) is 9.18 Å². The van der Waals surface area contributed by atoms with Gasteiger partial charge in [0.15, 0.2) is 5.78 Å². The van der Waals surface area contributed by atoms with Crippen LogP contribution in [-0.4, -0.2) is 23.4 Å². The maximum atomic E-state index is 14.4. The predicted octanol–water partition coefficient (Wildman–Crippen LogP) is 4.71. The second-order valence-corrected chi connectivity index (χ2v) is 7.87. The van der Waals surface area contributed by atoms with Gasteiger partial charge in [-0.05, 0) is 36.8 Å². The summed E-state index contributed by atoms with van der Waals surface area (Å²) in [6, 6.07) is 16.2. The molecule has 1 N–H and O–H groups in total. The van der Waals surface area contributed by atoms with Crippen LogP contribution in [0, 0.1) is 18.7 Å². The highest BCUT2D eigenvalue weighted by atomic mass is 35.5. The Morgan fingerprint density at radius 3 is 2.45 bits per heavy atom. The fourth-order valence-electron chi connectivity index (χ4n) is 3.71. The van der Waals surface area contributed by atoms with Crippen molar-refractivity contribution in [3.63, 3.8) is 0 Å². The Bertz CT molecular complexity index is 1310. The molecule has 166 valence electrons. The first-order valence-corrected chi connectivity index (χ1v) is 10.4. The number of fused-ring (bicyclic) bond motifs is 1. The number of rotatable bonds is 6. The van der Waals surface area contributed by atoms with Crippen molar-refractivity contribution in [1.29, 1.82) is 0 Å². The Kier molecular flexibility index (Phi) is 6.07. The zero-order valence-electron chi connectivity index (χ0n) is 17.3. The van der Waals surface area contributed by atoms with Gasteiger partial charge in [-0.3, -0.25) is 14.4 Å². The van der Waals surface area contributed by atoms with Crippen molar-refractivity contribution >= 4 is 40.7 Å². The summed E-state index contributed by atoms with van der Waals surface area (Å²) in [6.07, 6.45) is -1.38. The van der Waals surface area contributed by atoms with Crippen LogP contribution in [0.15, 0.2) is 66.7 Å². The van der Waals surface area contributed by atoms with E-state index in [1.54, 1.807) is 31.2 Å². The number of ketones is 2. The van der Waals surface area contributed by atoms with E-state index in [-0.39, 0.29) is 21.8 Å². The number of ether oxygens (including phenoxy) is 1. The number of carbonyl (C=O) groups is 4. The van der Waals surface area contributed by atoms with E-state index in [0.717, 1.165) is 6.07 Å². The zero-order valence-corrected chi connectivity index (χ0v) is 18.1. The van der Waals surface area contributed by atoms with E-state index in [4.69, 9.17) is 16.3 Å². The van der Waals surface area contributed by atoms with Crippen LogP contribution in [0.4, 0.5) is 10.1 Å². The number of carbonyl (C=O) groups excluding carboxylic acids is 4. The van der Waals surface area contributed by atoms with Crippen LogP contribution in [-0.2, 0) is 14.3 Å². The second-order valence-electron chi connectivity index (χ2n) is 7.49. The van der Waals surface area contributed by atoms with Gasteiger partial charge in [-0.2, -0.15) is 0 Å². The Labute approximate surface area is 193 Å². The number of aryl methyl sites for hydroxylation is 1. The van der Waals surface area contributed by atoms with Gasteiger partial charge in [0.2, 0.25) is 5.78 Å². The van der Waals surface area contributed by atoms with Crippen molar-refractivity contribution in [2.24, 2.45) is 5.92 Å². The first kappa shape index (κ1) is 22.4. The lowest BCUT2D eigenvalue weighted by molar-refractivity contribution is -0.138. The minimum Gasteiger partial charge on any atom is -0.453 e. The van der Waals surface area contributed by atoms with E-state index in [9.17, 15) is 23.6 Å². The monoisotopic (exact) mass is 465 g/mol. The van der Waals surface area contributed by atoms with Crippen molar-refractivity contribution < 1.29 is 28.3 Å². The third-order valence-electron chi connectivity index (χ3n) is 5.39. The Hall–Kier alpha value is -3.84. The summed E-state index contributed by atoms with van der Waals surface area (Å²) in [5.41, 5.74) is 0.892. The highest BCUT2D eigenvalue weighted by Crippen LogP contribution is 2.38. The number of benzene rings is 3. The molecule has 1 aliphatic heterocycles. The highest BCUT2D eigenvalue weighted by Gasteiger charge is 2.46. The van der Waals surface area contributed by atoms with E-state index in [1.807, 2.05) is 0 Å². The molecule has 0 saturated heterocycles. The SMILES string of the molecule is Cc1cccc(NC(=O)C(=O)[C@H](C(=O)c2ccccc2F)[C@@H]2OC(=O)c3ccccc32)c1Cl. The third-order valence-corrected chi connectivity index (χ3v) is 5.89. The average molecular weight is 466 g/mol. The number of esters is 1. The van der Waals surface area contributed by atoms with Gasteiger partial charge in [-0.1, -0.05) is 54.1 Å². The minimum absolute atomic E-state index is 0.170. The molecular formula is C25H17ClFNO5. The molecule has 0 fully saturated rings. The van der Waals surface area contributed by atoms with Gasteiger partial charge in [-0.15, -0.1) is 0 Å². The van der Waals surface area contributed by atoms with Crippen LogP contribution >= 0.6 is 11.6 Å². The standard InChI is InChI=1S/C25H17ClFNO5/c1-13-7-6-12-18(20(13)26)28-24(31)22(30)19(21(29)16-10-4-5-11-17(16)27)23-14-8-2-3-9-15(14)25(32)33-23/h2-12,19,23H,1H3,(H,28,31)/t19-,23+/m0/s1. The number of amides is 1. The largest absolute Gasteiger partial charge is 0.453 e. The molecule has 0 spiro atoms. The van der Waals surface area contributed by atoms with Crippen LogP contribution in [0.1, 0.15) is 37.9 Å². The zero-order chi connectivity index (χ0) is 23.7. The molecule has 0 saturated carbocycles. The molecule has 33 heavy (non-hydrogen) atoms. The Balaban J connectivity index is 1.74. The van der Waals surface area contributed by atoms with Crippen molar-refractivity contribution in [2.45, 2.75) is 13.0 Å². The summed E-state index contributed by atoms with van der Waals surface area (Å²) in [5, 5.41) is 2.63. The first-order valence-electron chi connectivity index (χ1n) is 9.98. The summed E-state index contributed by atoms with van der Waals surface area (Å²) in [5.74, 6) is -6.69. The lowest BCUT2D eigenvalue weighted by Crippen LogP contribution is -2.38. The topological polar surface area (TPSA) is 89.5 Å².